The quantitative estimate of drug-likeness (QED) is 0.830. The fourth-order valence-corrected chi connectivity index (χ4v) is 2.37. The number of amides is 1. The van der Waals surface area contributed by atoms with Crippen molar-refractivity contribution in [2.24, 2.45) is 0 Å². The highest BCUT2D eigenvalue weighted by Crippen LogP contribution is 2.34. The first-order valence-corrected chi connectivity index (χ1v) is 6.52. The molecule has 0 unspecified atom stereocenters. The lowest BCUT2D eigenvalue weighted by atomic mass is 10.00. The van der Waals surface area contributed by atoms with Crippen LogP contribution in [0.15, 0.2) is 42.5 Å². The molecule has 0 radical (unpaired) electrons. The molecule has 1 amide bonds. The molecule has 104 valence electrons. The van der Waals surface area contributed by atoms with Crippen LogP contribution in [-0.4, -0.2) is 17.0 Å². The first-order chi connectivity index (χ1) is 10.1. The van der Waals surface area contributed by atoms with Crippen molar-refractivity contribution in [3.8, 4) is 0 Å². The van der Waals surface area contributed by atoms with E-state index in [0.717, 1.165) is 11.1 Å². The minimum atomic E-state index is -1.01. The van der Waals surface area contributed by atoms with Gasteiger partial charge in [0.2, 0.25) is 0 Å². The summed E-state index contributed by atoms with van der Waals surface area (Å²) in [7, 11) is 0. The van der Waals surface area contributed by atoms with E-state index < -0.39 is 5.97 Å². The van der Waals surface area contributed by atoms with Gasteiger partial charge in [-0.05, 0) is 42.3 Å². The molecule has 0 aliphatic carbocycles. The highest BCUT2D eigenvalue weighted by Gasteiger charge is 2.25. The van der Waals surface area contributed by atoms with Gasteiger partial charge in [0.05, 0.1) is 5.56 Å². The van der Waals surface area contributed by atoms with Crippen LogP contribution in [0.4, 0.5) is 5.69 Å². The highest BCUT2D eigenvalue weighted by molar-refractivity contribution is 6.35. The van der Waals surface area contributed by atoms with Crippen molar-refractivity contribution in [1.82, 2.24) is 0 Å². The van der Waals surface area contributed by atoms with Gasteiger partial charge in [-0.1, -0.05) is 24.3 Å². The largest absolute Gasteiger partial charge is 0.478 e. The number of benzene rings is 2. The second-order valence-electron chi connectivity index (χ2n) is 4.93. The Kier molecular flexibility index (Phi) is 3.06. The van der Waals surface area contributed by atoms with Gasteiger partial charge in [0.25, 0.3) is 5.91 Å². The number of hydrogen-bond acceptors (Lipinski definition) is 2. The van der Waals surface area contributed by atoms with E-state index in [2.05, 4.69) is 5.32 Å². The van der Waals surface area contributed by atoms with Crippen molar-refractivity contribution in [2.75, 3.05) is 5.32 Å². The lowest BCUT2D eigenvalue weighted by Gasteiger charge is -2.03. The molecule has 0 fully saturated rings. The van der Waals surface area contributed by atoms with Crippen LogP contribution in [0.3, 0.4) is 0 Å². The maximum absolute atomic E-state index is 12.1. The predicted molar refractivity (Wildman–Crippen MR) is 81.1 cm³/mol. The lowest BCUT2D eigenvalue weighted by Crippen LogP contribution is -2.03. The number of aromatic carboxylic acids is 1. The highest BCUT2D eigenvalue weighted by atomic mass is 16.4. The van der Waals surface area contributed by atoms with Crippen molar-refractivity contribution in [3.63, 3.8) is 0 Å². The number of aryl methyl sites for hydroxylation is 1. The fraction of sp³-hybridized carbons (Fsp3) is 0.0588. The summed E-state index contributed by atoms with van der Waals surface area (Å²) in [6.45, 7) is 1.97. The van der Waals surface area contributed by atoms with Crippen molar-refractivity contribution in [3.05, 3.63) is 64.7 Å². The van der Waals surface area contributed by atoms with Crippen LogP contribution in [0, 0.1) is 6.92 Å². The average molecular weight is 279 g/mol. The van der Waals surface area contributed by atoms with E-state index in [4.69, 9.17) is 5.11 Å². The number of carboxylic acid groups (broad SMARTS) is 1. The molecule has 1 aliphatic heterocycles. The third kappa shape index (κ3) is 2.31. The van der Waals surface area contributed by atoms with Crippen LogP contribution in [-0.2, 0) is 4.79 Å². The molecule has 0 atom stereocenters. The van der Waals surface area contributed by atoms with Gasteiger partial charge in [-0.15, -0.1) is 0 Å². The molecule has 1 heterocycles. The van der Waals surface area contributed by atoms with Crippen LogP contribution in [0.2, 0.25) is 0 Å². The first kappa shape index (κ1) is 13.1. The predicted octanol–water partition coefficient (Wildman–Crippen LogP) is 3.19. The van der Waals surface area contributed by atoms with Crippen LogP contribution in [0.1, 0.15) is 27.0 Å². The summed E-state index contributed by atoms with van der Waals surface area (Å²) in [5, 5.41) is 11.8. The smallest absolute Gasteiger partial charge is 0.335 e. The van der Waals surface area contributed by atoms with Gasteiger partial charge < -0.3 is 10.4 Å². The Balaban J connectivity index is 2.14. The molecule has 0 spiro atoms. The molecule has 4 heteroatoms. The lowest BCUT2D eigenvalue weighted by molar-refractivity contribution is -0.110. The number of carboxylic acids is 1. The molecule has 0 saturated carbocycles. The molecule has 0 saturated heterocycles. The van der Waals surface area contributed by atoms with E-state index in [9.17, 15) is 9.59 Å². The van der Waals surface area contributed by atoms with Crippen LogP contribution < -0.4 is 5.32 Å². The van der Waals surface area contributed by atoms with Crippen LogP contribution in [0.5, 0.6) is 0 Å². The van der Waals surface area contributed by atoms with Gasteiger partial charge in [0.1, 0.15) is 0 Å². The Hall–Kier alpha value is -2.88. The fourth-order valence-electron chi connectivity index (χ4n) is 2.37. The zero-order valence-corrected chi connectivity index (χ0v) is 11.4. The van der Waals surface area contributed by atoms with Crippen molar-refractivity contribution in [1.29, 1.82) is 0 Å². The molecule has 2 aromatic rings. The van der Waals surface area contributed by atoms with E-state index in [1.54, 1.807) is 12.1 Å². The topological polar surface area (TPSA) is 66.4 Å². The molecule has 4 nitrogen and oxygen atoms in total. The zero-order valence-electron chi connectivity index (χ0n) is 11.4. The summed E-state index contributed by atoms with van der Waals surface area (Å²) >= 11 is 0. The number of fused-ring (bicyclic) bond motifs is 1. The Labute approximate surface area is 121 Å². The van der Waals surface area contributed by atoms with E-state index in [-0.39, 0.29) is 11.5 Å². The van der Waals surface area contributed by atoms with Crippen LogP contribution >= 0.6 is 0 Å². The third-order valence-corrected chi connectivity index (χ3v) is 3.54. The Morgan fingerprint density at radius 2 is 1.95 bits per heavy atom. The SMILES string of the molecule is Cc1ccccc1/C=C1/C(=O)Nc2ccc(C(=O)O)cc21. The van der Waals surface area contributed by atoms with E-state index in [1.165, 1.54) is 12.1 Å². The van der Waals surface area contributed by atoms with Gasteiger partial charge in [-0.3, -0.25) is 4.79 Å². The number of rotatable bonds is 2. The Morgan fingerprint density at radius 1 is 1.19 bits per heavy atom. The monoisotopic (exact) mass is 279 g/mol. The second kappa shape index (κ2) is 4.90. The third-order valence-electron chi connectivity index (χ3n) is 3.54. The molecule has 0 bridgehead atoms. The average Bonchev–Trinajstić information content (AvgIpc) is 2.76. The summed E-state index contributed by atoms with van der Waals surface area (Å²) in [5.74, 6) is -1.22. The Morgan fingerprint density at radius 3 is 2.67 bits per heavy atom. The number of anilines is 1. The normalized spacial score (nSPS) is 14.9. The molecular formula is C17H13NO3. The van der Waals surface area contributed by atoms with Gasteiger partial charge in [-0.2, -0.15) is 0 Å². The van der Waals surface area contributed by atoms with E-state index >= 15 is 0 Å². The molecular weight excluding hydrogens is 266 g/mol. The Bertz CT molecular complexity index is 790. The standard InChI is InChI=1S/C17H13NO3/c1-10-4-2-3-5-11(10)8-14-13-9-12(17(20)21)6-7-15(13)18-16(14)19/h2-9H,1H3,(H,18,19)(H,20,21)/b14-8+. The molecule has 3 rings (SSSR count). The van der Waals surface area contributed by atoms with Gasteiger partial charge in [0, 0.05) is 16.8 Å². The molecule has 21 heavy (non-hydrogen) atoms. The summed E-state index contributed by atoms with van der Waals surface area (Å²) in [6.07, 6.45) is 1.79. The van der Waals surface area contributed by atoms with E-state index in [1.807, 2.05) is 31.2 Å². The van der Waals surface area contributed by atoms with Gasteiger partial charge in [-0.25, -0.2) is 4.79 Å². The van der Waals surface area contributed by atoms with Crippen LogP contribution in [0.25, 0.3) is 11.6 Å². The summed E-state index contributed by atoms with van der Waals surface area (Å²) in [6, 6.07) is 12.4. The number of nitrogens with one attached hydrogen (secondary N) is 1. The summed E-state index contributed by atoms with van der Waals surface area (Å²) in [4.78, 5) is 23.2. The molecule has 2 aromatic carbocycles. The van der Waals surface area contributed by atoms with Crippen molar-refractivity contribution in [2.45, 2.75) is 6.92 Å². The number of hydrogen-bond donors (Lipinski definition) is 2. The molecule has 1 aliphatic rings. The summed E-state index contributed by atoms with van der Waals surface area (Å²) in [5.41, 5.74) is 3.92. The number of carbonyl (C=O) groups excluding carboxylic acids is 1. The summed E-state index contributed by atoms with van der Waals surface area (Å²) < 4.78 is 0. The van der Waals surface area contributed by atoms with Crippen molar-refractivity contribution >= 4 is 29.2 Å². The van der Waals surface area contributed by atoms with E-state index in [0.29, 0.717) is 16.8 Å². The minimum absolute atomic E-state index is 0.168. The maximum atomic E-state index is 12.1. The zero-order chi connectivity index (χ0) is 15.0. The molecule has 2 N–H and O–H groups in total. The molecule has 0 aromatic heterocycles. The second-order valence-corrected chi connectivity index (χ2v) is 4.93. The van der Waals surface area contributed by atoms with Crippen molar-refractivity contribution < 1.29 is 14.7 Å². The first-order valence-electron chi connectivity index (χ1n) is 6.52. The maximum Gasteiger partial charge on any atom is 0.335 e. The van der Waals surface area contributed by atoms with Gasteiger partial charge >= 0.3 is 5.97 Å². The number of carbonyl (C=O) groups is 2. The van der Waals surface area contributed by atoms with Gasteiger partial charge in [0.15, 0.2) is 0 Å². The minimum Gasteiger partial charge on any atom is -0.478 e.